The number of nitrogens with one attached hydrogen (secondary N) is 1. The topological polar surface area (TPSA) is 65.5 Å². The summed E-state index contributed by atoms with van der Waals surface area (Å²) in [6.45, 7) is 8.59. The minimum absolute atomic E-state index is 0.0128. The van der Waals surface area contributed by atoms with Crippen LogP contribution in [0.2, 0.25) is 0 Å². The van der Waals surface area contributed by atoms with Crippen molar-refractivity contribution < 1.29 is 9.90 Å². The van der Waals surface area contributed by atoms with Crippen LogP contribution in [0.15, 0.2) is 5.38 Å². The van der Waals surface area contributed by atoms with Crippen molar-refractivity contribution in [1.29, 1.82) is 0 Å². The molecule has 0 aliphatic carbocycles. The highest BCUT2D eigenvalue weighted by atomic mass is 32.1. The molecule has 1 amide bonds. The number of aliphatic hydroxyl groups excluding tert-OH is 1. The van der Waals surface area contributed by atoms with Gasteiger partial charge in [0.2, 0.25) is 5.91 Å². The van der Waals surface area contributed by atoms with E-state index in [0.29, 0.717) is 19.5 Å². The molecule has 2 unspecified atom stereocenters. The Labute approximate surface area is 118 Å². The second-order valence-electron chi connectivity index (χ2n) is 4.75. The number of rotatable bonds is 7. The Hall–Kier alpha value is -0.980. The van der Waals surface area contributed by atoms with E-state index in [0.717, 1.165) is 10.8 Å². The summed E-state index contributed by atoms with van der Waals surface area (Å²) < 4.78 is 0. The lowest BCUT2D eigenvalue weighted by Crippen LogP contribution is -2.29. The van der Waals surface area contributed by atoms with E-state index in [2.05, 4.69) is 10.3 Å². The lowest BCUT2D eigenvalue weighted by molar-refractivity contribution is -0.116. The lowest BCUT2D eigenvalue weighted by Gasteiger charge is -2.15. The minimum Gasteiger partial charge on any atom is -0.393 e. The molecule has 1 aromatic rings. The van der Waals surface area contributed by atoms with Crippen molar-refractivity contribution in [1.82, 2.24) is 10.3 Å². The van der Waals surface area contributed by atoms with E-state index >= 15 is 0 Å². The fourth-order valence-corrected chi connectivity index (χ4v) is 2.80. The zero-order valence-corrected chi connectivity index (χ0v) is 12.8. The first-order chi connectivity index (χ1) is 8.93. The highest BCUT2D eigenvalue weighted by Gasteiger charge is 2.13. The monoisotopic (exact) mass is 285 g/mol. The molecule has 1 rings (SSSR count). The van der Waals surface area contributed by atoms with E-state index in [4.69, 9.17) is 0 Å². The molecule has 1 aromatic heterocycles. The summed E-state index contributed by atoms with van der Waals surface area (Å²) in [6.07, 6.45) is 0.410. The summed E-state index contributed by atoms with van der Waals surface area (Å²) in [7, 11) is 0. The van der Waals surface area contributed by atoms with Crippen LogP contribution in [-0.4, -0.2) is 34.7 Å². The molecule has 5 nitrogen and oxygen atoms in total. The Morgan fingerprint density at radius 1 is 1.58 bits per heavy atom. The highest BCUT2D eigenvalue weighted by molar-refractivity contribution is 7.14. The van der Waals surface area contributed by atoms with Crippen LogP contribution in [0.3, 0.4) is 0 Å². The van der Waals surface area contributed by atoms with Gasteiger partial charge in [-0.15, -0.1) is 11.3 Å². The second kappa shape index (κ2) is 7.57. The molecule has 0 saturated carbocycles. The van der Waals surface area contributed by atoms with Crippen molar-refractivity contribution in [2.75, 3.05) is 11.4 Å². The summed E-state index contributed by atoms with van der Waals surface area (Å²) in [5.41, 5.74) is 0.928. The van der Waals surface area contributed by atoms with Gasteiger partial charge < -0.3 is 10.4 Å². The number of hydrogen-bond donors (Lipinski definition) is 2. The standard InChI is InChI=1S/C13H23N3O2S/c1-5-16(11(4)18)13-15-12(8-19-13)7-14-9(2)6-10(3)17/h8-10,14,17H,5-7H2,1-4H3. The van der Waals surface area contributed by atoms with E-state index < -0.39 is 0 Å². The number of hydrogen-bond acceptors (Lipinski definition) is 5. The van der Waals surface area contributed by atoms with E-state index in [9.17, 15) is 9.90 Å². The first-order valence-electron chi connectivity index (χ1n) is 6.58. The maximum absolute atomic E-state index is 11.4. The van der Waals surface area contributed by atoms with E-state index in [1.807, 2.05) is 19.2 Å². The molecule has 2 atom stereocenters. The lowest BCUT2D eigenvalue weighted by atomic mass is 10.1. The van der Waals surface area contributed by atoms with Gasteiger partial charge in [-0.2, -0.15) is 0 Å². The molecule has 0 radical (unpaired) electrons. The largest absolute Gasteiger partial charge is 0.393 e. The molecule has 6 heteroatoms. The van der Waals surface area contributed by atoms with Crippen molar-refractivity contribution in [3.8, 4) is 0 Å². The van der Waals surface area contributed by atoms with Crippen molar-refractivity contribution >= 4 is 22.4 Å². The molecular formula is C13H23N3O2S. The first kappa shape index (κ1) is 16.1. The van der Waals surface area contributed by atoms with Crippen LogP contribution in [0.25, 0.3) is 0 Å². The van der Waals surface area contributed by atoms with Crippen LogP contribution in [0, 0.1) is 0 Å². The molecule has 1 heterocycles. The predicted molar refractivity (Wildman–Crippen MR) is 78.4 cm³/mol. The van der Waals surface area contributed by atoms with Crippen LogP contribution in [0.5, 0.6) is 0 Å². The summed E-state index contributed by atoms with van der Waals surface area (Å²) in [6, 6.07) is 0.236. The summed E-state index contributed by atoms with van der Waals surface area (Å²) in [5.74, 6) is 0.0128. The molecule has 2 N–H and O–H groups in total. The third-order valence-corrected chi connectivity index (χ3v) is 3.71. The van der Waals surface area contributed by atoms with Crippen LogP contribution in [-0.2, 0) is 11.3 Å². The third kappa shape index (κ3) is 5.26. The quantitative estimate of drug-likeness (QED) is 0.801. The van der Waals surface area contributed by atoms with Gasteiger partial charge in [-0.05, 0) is 27.2 Å². The molecule has 0 bridgehead atoms. The average molecular weight is 285 g/mol. The Balaban J connectivity index is 2.53. The van der Waals surface area contributed by atoms with E-state index in [-0.39, 0.29) is 18.1 Å². The number of nitrogens with zero attached hydrogens (tertiary/aromatic N) is 2. The van der Waals surface area contributed by atoms with Crippen LogP contribution >= 0.6 is 11.3 Å². The van der Waals surface area contributed by atoms with Gasteiger partial charge in [-0.3, -0.25) is 9.69 Å². The van der Waals surface area contributed by atoms with Crippen molar-refractivity contribution in [2.45, 2.75) is 52.8 Å². The number of carbonyl (C=O) groups is 1. The molecule has 0 spiro atoms. The Bertz CT molecular complexity index is 406. The molecule has 19 heavy (non-hydrogen) atoms. The maximum atomic E-state index is 11.4. The van der Waals surface area contributed by atoms with Gasteiger partial charge in [0.1, 0.15) is 0 Å². The molecule has 0 saturated heterocycles. The molecule has 0 fully saturated rings. The number of aromatic nitrogens is 1. The van der Waals surface area contributed by atoms with Gasteiger partial charge in [0.25, 0.3) is 0 Å². The number of thiazole rings is 1. The number of aliphatic hydroxyl groups is 1. The zero-order valence-electron chi connectivity index (χ0n) is 12.0. The summed E-state index contributed by atoms with van der Waals surface area (Å²) in [4.78, 5) is 17.5. The molecule has 0 aliphatic rings. The average Bonchev–Trinajstić information content (AvgIpc) is 2.74. The number of amides is 1. The van der Waals surface area contributed by atoms with Crippen LogP contribution in [0.1, 0.15) is 39.8 Å². The van der Waals surface area contributed by atoms with Crippen molar-refractivity contribution in [2.24, 2.45) is 0 Å². The van der Waals surface area contributed by atoms with Crippen LogP contribution in [0.4, 0.5) is 5.13 Å². The Morgan fingerprint density at radius 2 is 2.26 bits per heavy atom. The SMILES string of the molecule is CCN(C(C)=O)c1nc(CNC(C)CC(C)O)cs1. The third-order valence-electron chi connectivity index (χ3n) is 2.79. The van der Waals surface area contributed by atoms with E-state index in [1.165, 1.54) is 11.3 Å². The van der Waals surface area contributed by atoms with Gasteiger partial charge in [0, 0.05) is 31.4 Å². The summed E-state index contributed by atoms with van der Waals surface area (Å²) >= 11 is 1.48. The van der Waals surface area contributed by atoms with Gasteiger partial charge in [0.15, 0.2) is 5.13 Å². The summed E-state index contributed by atoms with van der Waals surface area (Å²) in [5, 5.41) is 15.3. The molecule has 0 aromatic carbocycles. The molecule has 0 aliphatic heterocycles. The Morgan fingerprint density at radius 3 is 2.79 bits per heavy atom. The van der Waals surface area contributed by atoms with E-state index in [1.54, 1.807) is 18.7 Å². The molecular weight excluding hydrogens is 262 g/mol. The molecule has 108 valence electrons. The highest BCUT2D eigenvalue weighted by Crippen LogP contribution is 2.20. The van der Waals surface area contributed by atoms with Crippen molar-refractivity contribution in [3.63, 3.8) is 0 Å². The second-order valence-corrected chi connectivity index (χ2v) is 5.59. The minimum atomic E-state index is -0.304. The van der Waals surface area contributed by atoms with Gasteiger partial charge in [0.05, 0.1) is 11.8 Å². The zero-order chi connectivity index (χ0) is 14.4. The number of anilines is 1. The van der Waals surface area contributed by atoms with Gasteiger partial charge in [-0.25, -0.2) is 4.98 Å². The number of carbonyl (C=O) groups excluding carboxylic acids is 1. The van der Waals surface area contributed by atoms with Gasteiger partial charge >= 0.3 is 0 Å². The van der Waals surface area contributed by atoms with Crippen molar-refractivity contribution in [3.05, 3.63) is 11.1 Å². The smallest absolute Gasteiger partial charge is 0.225 e. The van der Waals surface area contributed by atoms with Gasteiger partial charge in [-0.1, -0.05) is 0 Å². The van der Waals surface area contributed by atoms with Crippen LogP contribution < -0.4 is 10.2 Å². The maximum Gasteiger partial charge on any atom is 0.225 e. The fraction of sp³-hybridized carbons (Fsp3) is 0.692. The first-order valence-corrected chi connectivity index (χ1v) is 7.46. The Kier molecular flexibility index (Phi) is 6.41. The normalized spacial score (nSPS) is 14.2. The fourth-order valence-electron chi connectivity index (χ4n) is 1.87. The predicted octanol–water partition coefficient (Wildman–Crippen LogP) is 1.76.